The van der Waals surface area contributed by atoms with Gasteiger partial charge in [0.05, 0.1) is 6.54 Å². The SMILES string of the molecule is CC.CNCc1n[nH]c(=O)n1C. The van der Waals surface area contributed by atoms with Gasteiger partial charge in [-0.3, -0.25) is 4.57 Å². The summed E-state index contributed by atoms with van der Waals surface area (Å²) in [4.78, 5) is 10.7. The van der Waals surface area contributed by atoms with Crippen molar-refractivity contribution in [2.45, 2.75) is 20.4 Å². The average molecular weight is 172 g/mol. The van der Waals surface area contributed by atoms with Crippen LogP contribution in [-0.4, -0.2) is 21.8 Å². The fourth-order valence-electron chi connectivity index (χ4n) is 0.696. The second kappa shape index (κ2) is 5.54. The van der Waals surface area contributed by atoms with E-state index in [1.165, 1.54) is 4.57 Å². The van der Waals surface area contributed by atoms with Crippen molar-refractivity contribution in [3.8, 4) is 0 Å². The molecule has 0 amide bonds. The molecule has 5 heteroatoms. The van der Waals surface area contributed by atoms with Gasteiger partial charge in [-0.15, -0.1) is 0 Å². The van der Waals surface area contributed by atoms with Crippen LogP contribution in [0.25, 0.3) is 0 Å². The molecule has 2 N–H and O–H groups in total. The molecule has 0 saturated carbocycles. The van der Waals surface area contributed by atoms with Crippen LogP contribution in [0, 0.1) is 0 Å². The van der Waals surface area contributed by atoms with Gasteiger partial charge >= 0.3 is 5.69 Å². The van der Waals surface area contributed by atoms with E-state index < -0.39 is 0 Å². The normalized spacial score (nSPS) is 9.00. The molecule has 0 radical (unpaired) electrons. The fraction of sp³-hybridized carbons (Fsp3) is 0.714. The van der Waals surface area contributed by atoms with Gasteiger partial charge in [0.2, 0.25) is 0 Å². The molecule has 0 aliphatic rings. The van der Waals surface area contributed by atoms with Gasteiger partial charge in [-0.2, -0.15) is 5.10 Å². The molecule has 1 rings (SSSR count). The highest BCUT2D eigenvalue weighted by Crippen LogP contribution is 1.83. The van der Waals surface area contributed by atoms with Crippen LogP contribution < -0.4 is 11.0 Å². The van der Waals surface area contributed by atoms with Crippen molar-refractivity contribution in [3.63, 3.8) is 0 Å². The zero-order valence-electron chi connectivity index (χ0n) is 8.01. The number of nitrogens with one attached hydrogen (secondary N) is 2. The maximum atomic E-state index is 10.7. The Morgan fingerprint density at radius 2 is 2.17 bits per heavy atom. The fourth-order valence-corrected chi connectivity index (χ4v) is 0.696. The quantitative estimate of drug-likeness (QED) is 0.652. The summed E-state index contributed by atoms with van der Waals surface area (Å²) in [6.45, 7) is 4.61. The van der Waals surface area contributed by atoms with E-state index in [0.717, 1.165) is 0 Å². The zero-order chi connectivity index (χ0) is 9.56. The number of H-pyrrole nitrogens is 1. The Balaban J connectivity index is 0.000000561. The summed E-state index contributed by atoms with van der Waals surface area (Å²) in [5.74, 6) is 0.715. The van der Waals surface area contributed by atoms with Gasteiger partial charge in [0.1, 0.15) is 5.82 Å². The van der Waals surface area contributed by atoms with Crippen molar-refractivity contribution >= 4 is 0 Å². The second-order valence-corrected chi connectivity index (χ2v) is 2.03. The van der Waals surface area contributed by atoms with Crippen LogP contribution in [0.1, 0.15) is 19.7 Å². The van der Waals surface area contributed by atoms with Gasteiger partial charge in [-0.05, 0) is 7.05 Å². The minimum absolute atomic E-state index is 0.176. The van der Waals surface area contributed by atoms with E-state index >= 15 is 0 Å². The van der Waals surface area contributed by atoms with Crippen molar-refractivity contribution in [1.29, 1.82) is 0 Å². The van der Waals surface area contributed by atoms with E-state index in [2.05, 4.69) is 15.5 Å². The van der Waals surface area contributed by atoms with Crippen molar-refractivity contribution in [3.05, 3.63) is 16.3 Å². The summed E-state index contributed by atoms with van der Waals surface area (Å²) in [5.41, 5.74) is -0.176. The molecule has 1 aromatic rings. The molecule has 70 valence electrons. The summed E-state index contributed by atoms with van der Waals surface area (Å²) in [6.07, 6.45) is 0. The number of rotatable bonds is 2. The molecule has 0 aliphatic heterocycles. The standard InChI is InChI=1S/C5H10N4O.C2H6/c1-6-3-4-7-8-5(10)9(4)2;1-2/h6H,3H2,1-2H3,(H,8,10);1-2H3. The van der Waals surface area contributed by atoms with Gasteiger partial charge < -0.3 is 5.32 Å². The lowest BCUT2D eigenvalue weighted by atomic mass is 10.6. The predicted molar refractivity (Wildman–Crippen MR) is 47.9 cm³/mol. The summed E-state index contributed by atoms with van der Waals surface area (Å²) in [7, 11) is 3.48. The molecule has 0 aliphatic carbocycles. The molecule has 0 bridgehead atoms. The average Bonchev–Trinajstić information content (AvgIpc) is 2.41. The van der Waals surface area contributed by atoms with Crippen LogP contribution in [0.15, 0.2) is 4.79 Å². The Kier molecular flexibility index (Phi) is 5.03. The Bertz CT molecular complexity index is 263. The first-order valence-electron chi connectivity index (χ1n) is 4.00. The van der Waals surface area contributed by atoms with Crippen LogP contribution in [0.5, 0.6) is 0 Å². The number of hydrogen-bond donors (Lipinski definition) is 2. The van der Waals surface area contributed by atoms with Crippen LogP contribution in [-0.2, 0) is 13.6 Å². The molecule has 0 fully saturated rings. The molecule has 0 atom stereocenters. The Hall–Kier alpha value is -1.10. The number of aromatic amines is 1. The van der Waals surface area contributed by atoms with Crippen LogP contribution >= 0.6 is 0 Å². The Labute approximate surface area is 71.8 Å². The maximum absolute atomic E-state index is 10.7. The minimum atomic E-state index is -0.176. The van der Waals surface area contributed by atoms with E-state index in [-0.39, 0.29) is 5.69 Å². The van der Waals surface area contributed by atoms with Gasteiger partial charge in [-0.1, -0.05) is 13.8 Å². The van der Waals surface area contributed by atoms with Crippen LogP contribution in [0.2, 0.25) is 0 Å². The van der Waals surface area contributed by atoms with Crippen molar-refractivity contribution in [1.82, 2.24) is 20.1 Å². The highest BCUT2D eigenvalue weighted by atomic mass is 16.1. The number of hydrogen-bond acceptors (Lipinski definition) is 3. The van der Waals surface area contributed by atoms with Crippen LogP contribution in [0.4, 0.5) is 0 Å². The number of nitrogens with zero attached hydrogens (tertiary/aromatic N) is 2. The second-order valence-electron chi connectivity index (χ2n) is 2.03. The topological polar surface area (TPSA) is 62.7 Å². The zero-order valence-corrected chi connectivity index (χ0v) is 8.01. The predicted octanol–water partition coefficient (Wildman–Crippen LogP) is -0.146. The van der Waals surface area contributed by atoms with Crippen molar-refractivity contribution in [2.75, 3.05) is 7.05 Å². The van der Waals surface area contributed by atoms with E-state index in [4.69, 9.17) is 0 Å². The largest absolute Gasteiger partial charge is 0.343 e. The molecule has 0 saturated heterocycles. The molecular formula is C7H16N4O. The van der Waals surface area contributed by atoms with Crippen molar-refractivity contribution < 1.29 is 0 Å². The molecule has 12 heavy (non-hydrogen) atoms. The molecular weight excluding hydrogens is 156 g/mol. The summed E-state index contributed by atoms with van der Waals surface area (Å²) in [6, 6.07) is 0. The maximum Gasteiger partial charge on any atom is 0.343 e. The van der Waals surface area contributed by atoms with Gasteiger partial charge in [-0.25, -0.2) is 9.89 Å². The van der Waals surface area contributed by atoms with Crippen molar-refractivity contribution in [2.24, 2.45) is 7.05 Å². The molecule has 1 aromatic heterocycles. The molecule has 0 aromatic carbocycles. The smallest absolute Gasteiger partial charge is 0.313 e. The van der Waals surface area contributed by atoms with Gasteiger partial charge in [0, 0.05) is 7.05 Å². The van der Waals surface area contributed by atoms with E-state index in [1.54, 1.807) is 14.1 Å². The lowest BCUT2D eigenvalue weighted by Gasteiger charge is -1.94. The van der Waals surface area contributed by atoms with E-state index in [0.29, 0.717) is 12.4 Å². The first-order chi connectivity index (χ1) is 5.75. The third-order valence-electron chi connectivity index (χ3n) is 1.31. The highest BCUT2D eigenvalue weighted by molar-refractivity contribution is 4.82. The van der Waals surface area contributed by atoms with E-state index in [9.17, 15) is 4.79 Å². The first kappa shape index (κ1) is 10.9. The molecule has 0 unspecified atom stereocenters. The third-order valence-corrected chi connectivity index (χ3v) is 1.31. The van der Waals surface area contributed by atoms with E-state index in [1.807, 2.05) is 13.8 Å². The number of aromatic nitrogens is 3. The van der Waals surface area contributed by atoms with Gasteiger partial charge in [0.15, 0.2) is 0 Å². The highest BCUT2D eigenvalue weighted by Gasteiger charge is 1.99. The third kappa shape index (κ3) is 2.50. The summed E-state index contributed by atoms with van der Waals surface area (Å²) >= 11 is 0. The first-order valence-corrected chi connectivity index (χ1v) is 4.00. The molecule has 5 nitrogen and oxygen atoms in total. The lowest BCUT2D eigenvalue weighted by molar-refractivity contribution is 0.700. The molecule has 0 spiro atoms. The lowest BCUT2D eigenvalue weighted by Crippen LogP contribution is -2.17. The minimum Gasteiger partial charge on any atom is -0.313 e. The monoisotopic (exact) mass is 172 g/mol. The Morgan fingerprint density at radius 1 is 1.58 bits per heavy atom. The summed E-state index contributed by atoms with van der Waals surface area (Å²) < 4.78 is 1.47. The molecule has 1 heterocycles. The van der Waals surface area contributed by atoms with Crippen LogP contribution in [0.3, 0.4) is 0 Å². The summed E-state index contributed by atoms with van der Waals surface area (Å²) in [5, 5.41) is 9.00. The van der Waals surface area contributed by atoms with Gasteiger partial charge in [0.25, 0.3) is 0 Å². The Morgan fingerprint density at radius 3 is 2.50 bits per heavy atom.